The van der Waals surface area contributed by atoms with Gasteiger partial charge >= 0.3 is 0 Å². The van der Waals surface area contributed by atoms with Gasteiger partial charge in [-0.15, -0.1) is 0 Å². The fourth-order valence-corrected chi connectivity index (χ4v) is 3.55. The zero-order valence-corrected chi connectivity index (χ0v) is 10.3. The summed E-state index contributed by atoms with van der Waals surface area (Å²) < 4.78 is 12.5. The number of rotatable bonds is 2. The fraction of sp³-hybridized carbons (Fsp3) is 0.786. The molecular weight excluding hydrogens is 214 g/mol. The monoisotopic (exact) mass is 235 g/mol. The van der Waals surface area contributed by atoms with Crippen molar-refractivity contribution in [2.24, 2.45) is 0 Å². The normalized spacial score (nSPS) is 47.5. The Morgan fingerprint density at radius 2 is 2.41 bits per heavy atom. The van der Waals surface area contributed by atoms with Crippen LogP contribution in [0.15, 0.2) is 12.2 Å². The molecule has 0 N–H and O–H groups in total. The molecule has 3 nitrogen and oxygen atoms in total. The van der Waals surface area contributed by atoms with Crippen LogP contribution in [0.25, 0.3) is 0 Å². The largest absolute Gasteiger partial charge is 0.368 e. The number of hydrogen-bond donors (Lipinski definition) is 0. The number of nitriles is 1. The summed E-state index contributed by atoms with van der Waals surface area (Å²) in [6.07, 6.45) is 10.5. The van der Waals surface area contributed by atoms with Gasteiger partial charge in [0.05, 0.1) is 23.9 Å². The van der Waals surface area contributed by atoms with Crippen LogP contribution in [0.2, 0.25) is 0 Å². The van der Waals surface area contributed by atoms with E-state index in [2.05, 4.69) is 25.1 Å². The zero-order valence-electron chi connectivity index (χ0n) is 10.3. The molecule has 0 amide bonds. The van der Waals surface area contributed by atoms with Crippen molar-refractivity contribution in [2.75, 3.05) is 0 Å². The predicted octanol–water partition coefficient (Wildman–Crippen LogP) is 2.96. The molecule has 1 spiro atoms. The van der Waals surface area contributed by atoms with Crippen LogP contribution in [0.3, 0.4) is 0 Å². The number of fused-ring (bicyclic) bond motifs is 1. The minimum atomic E-state index is -0.214. The molecular formula is C14H21NO2. The number of hydrogen-bond acceptors (Lipinski definition) is 3. The van der Waals surface area contributed by atoms with Gasteiger partial charge < -0.3 is 9.47 Å². The maximum atomic E-state index is 8.67. The summed E-state index contributed by atoms with van der Waals surface area (Å²) in [6, 6.07) is 2.21. The molecule has 3 aliphatic rings. The molecule has 94 valence electrons. The molecule has 2 saturated heterocycles. The van der Waals surface area contributed by atoms with Crippen molar-refractivity contribution in [3.63, 3.8) is 0 Å². The SMILES string of the molecule is CC12CC[C@H](CCC#N)OC13C=CCC(C3)O2.[HH]. The third kappa shape index (κ3) is 1.63. The Hall–Kier alpha value is -0.850. The van der Waals surface area contributed by atoms with Crippen molar-refractivity contribution in [3.8, 4) is 6.07 Å². The lowest BCUT2D eigenvalue weighted by atomic mass is 9.74. The summed E-state index contributed by atoms with van der Waals surface area (Å²) in [6.45, 7) is 2.18. The molecule has 0 aromatic rings. The van der Waals surface area contributed by atoms with E-state index >= 15 is 0 Å². The Morgan fingerprint density at radius 3 is 3.24 bits per heavy atom. The first kappa shape index (κ1) is 11.3. The Kier molecular flexibility index (Phi) is 2.53. The first-order chi connectivity index (χ1) is 8.17. The number of nitrogens with zero attached hydrogens (tertiary/aromatic N) is 1. The average Bonchev–Trinajstić information content (AvgIpc) is 2.51. The third-order valence-corrected chi connectivity index (χ3v) is 4.54. The fourth-order valence-electron chi connectivity index (χ4n) is 3.55. The molecule has 3 heteroatoms. The van der Waals surface area contributed by atoms with E-state index < -0.39 is 0 Å². The van der Waals surface area contributed by atoms with Gasteiger partial charge in [-0.2, -0.15) is 5.26 Å². The summed E-state index contributed by atoms with van der Waals surface area (Å²) in [5, 5.41) is 8.67. The first-order valence-electron chi connectivity index (χ1n) is 6.58. The van der Waals surface area contributed by atoms with E-state index in [-0.39, 0.29) is 18.7 Å². The summed E-state index contributed by atoms with van der Waals surface area (Å²) in [4.78, 5) is 0. The molecule has 4 atom stereocenters. The van der Waals surface area contributed by atoms with E-state index in [4.69, 9.17) is 14.7 Å². The molecule has 0 aromatic heterocycles. The summed E-state index contributed by atoms with van der Waals surface area (Å²) in [5.74, 6) is 0. The second-order valence-electron chi connectivity index (χ2n) is 5.68. The van der Waals surface area contributed by atoms with Gasteiger partial charge in [-0.1, -0.05) is 12.2 Å². The second-order valence-corrected chi connectivity index (χ2v) is 5.68. The van der Waals surface area contributed by atoms with E-state index in [1.54, 1.807) is 0 Å². The van der Waals surface area contributed by atoms with Crippen LogP contribution in [-0.4, -0.2) is 23.4 Å². The lowest BCUT2D eigenvalue weighted by Crippen LogP contribution is -2.55. The van der Waals surface area contributed by atoms with Gasteiger partial charge in [-0.3, -0.25) is 0 Å². The van der Waals surface area contributed by atoms with E-state index in [0.29, 0.717) is 12.5 Å². The van der Waals surface area contributed by atoms with Gasteiger partial charge in [0, 0.05) is 14.3 Å². The van der Waals surface area contributed by atoms with Crippen LogP contribution in [0.5, 0.6) is 0 Å². The molecule has 3 rings (SSSR count). The molecule has 2 fully saturated rings. The van der Waals surface area contributed by atoms with E-state index in [1.807, 2.05) is 0 Å². The highest BCUT2D eigenvalue weighted by atomic mass is 16.6. The lowest BCUT2D eigenvalue weighted by molar-refractivity contribution is -0.189. The summed E-state index contributed by atoms with van der Waals surface area (Å²) in [7, 11) is 0. The topological polar surface area (TPSA) is 42.2 Å². The Balaban J connectivity index is 0.00000120. The van der Waals surface area contributed by atoms with Gasteiger partial charge in [-0.25, -0.2) is 0 Å². The standard InChI is InChI=1S/C14H19NO2.H2/c1-13-8-6-11(5-3-9-15)17-14(13)7-2-4-12(10-14)16-13;/h2,7,11-12H,3-6,8,10H2,1H3;1H/t11-,12?,13?,14?;/m0./s1. The maximum Gasteiger partial charge on any atom is 0.118 e. The predicted molar refractivity (Wildman–Crippen MR) is 65.5 cm³/mol. The van der Waals surface area contributed by atoms with E-state index in [1.165, 1.54) is 0 Å². The Morgan fingerprint density at radius 1 is 1.53 bits per heavy atom. The highest BCUT2D eigenvalue weighted by Gasteiger charge is 2.60. The summed E-state index contributed by atoms with van der Waals surface area (Å²) in [5.41, 5.74) is -0.359. The molecule has 0 aromatic carbocycles. The van der Waals surface area contributed by atoms with Crippen LogP contribution in [0.4, 0.5) is 0 Å². The van der Waals surface area contributed by atoms with Crippen molar-refractivity contribution >= 4 is 0 Å². The first-order valence-corrected chi connectivity index (χ1v) is 6.58. The highest BCUT2D eigenvalue weighted by Crippen LogP contribution is 2.53. The molecule has 2 bridgehead atoms. The van der Waals surface area contributed by atoms with Gasteiger partial charge in [0.15, 0.2) is 0 Å². The van der Waals surface area contributed by atoms with Gasteiger partial charge in [0.2, 0.25) is 0 Å². The average molecular weight is 235 g/mol. The van der Waals surface area contributed by atoms with Crippen molar-refractivity contribution in [2.45, 2.75) is 68.9 Å². The molecule has 0 saturated carbocycles. The molecule has 17 heavy (non-hydrogen) atoms. The van der Waals surface area contributed by atoms with E-state index in [9.17, 15) is 0 Å². The maximum absolute atomic E-state index is 8.67. The van der Waals surface area contributed by atoms with Gasteiger partial charge in [0.25, 0.3) is 0 Å². The van der Waals surface area contributed by atoms with Gasteiger partial charge in [-0.05, 0) is 32.6 Å². The third-order valence-electron chi connectivity index (χ3n) is 4.54. The van der Waals surface area contributed by atoms with Crippen molar-refractivity contribution in [1.29, 1.82) is 5.26 Å². The van der Waals surface area contributed by atoms with Crippen LogP contribution >= 0.6 is 0 Å². The zero-order chi connectivity index (χ0) is 11.9. The van der Waals surface area contributed by atoms with Crippen LogP contribution in [0, 0.1) is 11.3 Å². The highest BCUT2D eigenvalue weighted by molar-refractivity contribution is 5.23. The lowest BCUT2D eigenvalue weighted by Gasteiger charge is -2.47. The molecule has 3 unspecified atom stereocenters. The molecule has 2 heterocycles. The smallest absolute Gasteiger partial charge is 0.118 e. The van der Waals surface area contributed by atoms with Crippen molar-refractivity contribution in [1.82, 2.24) is 0 Å². The molecule has 2 aliphatic heterocycles. The Labute approximate surface area is 104 Å². The van der Waals surface area contributed by atoms with Crippen molar-refractivity contribution < 1.29 is 10.9 Å². The van der Waals surface area contributed by atoms with Crippen LogP contribution in [0.1, 0.15) is 46.9 Å². The van der Waals surface area contributed by atoms with Crippen LogP contribution in [-0.2, 0) is 9.47 Å². The molecule has 0 radical (unpaired) electrons. The van der Waals surface area contributed by atoms with Gasteiger partial charge in [0.1, 0.15) is 5.60 Å². The van der Waals surface area contributed by atoms with Crippen LogP contribution < -0.4 is 0 Å². The second kappa shape index (κ2) is 3.83. The Bertz CT molecular complexity index is 392. The number of ether oxygens (including phenoxy) is 2. The quantitative estimate of drug-likeness (QED) is 0.691. The summed E-state index contributed by atoms with van der Waals surface area (Å²) >= 11 is 0. The molecule has 1 aliphatic carbocycles. The minimum Gasteiger partial charge on any atom is -0.368 e. The minimum absolute atomic E-state index is 0. The van der Waals surface area contributed by atoms with E-state index in [0.717, 1.165) is 32.1 Å². The van der Waals surface area contributed by atoms with Crippen molar-refractivity contribution in [3.05, 3.63) is 12.2 Å².